The Kier molecular flexibility index (Phi) is 3.96. The van der Waals surface area contributed by atoms with Gasteiger partial charge in [0.15, 0.2) is 0 Å². The molecule has 0 aliphatic carbocycles. The van der Waals surface area contributed by atoms with Gasteiger partial charge in [0.25, 0.3) is 0 Å². The lowest BCUT2D eigenvalue weighted by atomic mass is 9.88. The topological polar surface area (TPSA) is 9.23 Å². The highest BCUT2D eigenvalue weighted by molar-refractivity contribution is 5.35. The van der Waals surface area contributed by atoms with Gasteiger partial charge < -0.3 is 4.74 Å². The lowest BCUT2D eigenvalue weighted by Crippen LogP contribution is -2.27. The van der Waals surface area contributed by atoms with Crippen molar-refractivity contribution in [3.8, 4) is 0 Å². The molecule has 0 saturated carbocycles. The first-order chi connectivity index (χ1) is 8.77. The van der Waals surface area contributed by atoms with E-state index in [2.05, 4.69) is 37.8 Å². The van der Waals surface area contributed by atoms with E-state index in [1.54, 1.807) is 6.08 Å². The first-order valence-corrected chi connectivity index (χ1v) is 6.13. The molecule has 0 aliphatic heterocycles. The lowest BCUT2D eigenvalue weighted by Gasteiger charge is -2.30. The molecule has 0 unspecified atom stereocenters. The summed E-state index contributed by atoms with van der Waals surface area (Å²) in [5.41, 5.74) is 1.87. The highest BCUT2D eigenvalue weighted by Gasteiger charge is 2.28. The quantitative estimate of drug-likeness (QED) is 0.711. The maximum absolute atomic E-state index is 6.03. The van der Waals surface area contributed by atoms with Crippen molar-refractivity contribution in [3.05, 3.63) is 84.4 Å². The van der Waals surface area contributed by atoms with E-state index in [0.717, 1.165) is 11.1 Å². The van der Waals surface area contributed by atoms with Crippen LogP contribution < -0.4 is 0 Å². The van der Waals surface area contributed by atoms with Crippen LogP contribution in [0.5, 0.6) is 0 Å². The minimum atomic E-state index is -0.434. The van der Waals surface area contributed by atoms with Crippen LogP contribution in [0.2, 0.25) is 0 Å². The summed E-state index contributed by atoms with van der Waals surface area (Å²) >= 11 is 0. The number of benzene rings is 2. The van der Waals surface area contributed by atoms with Gasteiger partial charge in [0.2, 0.25) is 0 Å². The molecule has 0 saturated heterocycles. The Labute approximate surface area is 109 Å². The summed E-state index contributed by atoms with van der Waals surface area (Å²) in [6.07, 6.45) is 1.78. The zero-order chi connectivity index (χ0) is 12.8. The molecule has 2 aromatic rings. The van der Waals surface area contributed by atoms with Crippen LogP contribution in [0.1, 0.15) is 18.1 Å². The lowest BCUT2D eigenvalue weighted by molar-refractivity contribution is 0.0140. The van der Waals surface area contributed by atoms with Crippen LogP contribution in [-0.2, 0) is 10.3 Å². The second kappa shape index (κ2) is 5.65. The van der Waals surface area contributed by atoms with E-state index < -0.39 is 5.60 Å². The molecule has 92 valence electrons. The second-order valence-electron chi connectivity index (χ2n) is 4.36. The minimum absolute atomic E-state index is 0.434. The average molecular weight is 238 g/mol. The third-order valence-electron chi connectivity index (χ3n) is 3.14. The third kappa shape index (κ3) is 2.52. The molecule has 1 nitrogen and oxygen atoms in total. The Bertz CT molecular complexity index is 448. The Hall–Kier alpha value is -1.86. The van der Waals surface area contributed by atoms with E-state index in [1.807, 2.05) is 36.4 Å². The molecule has 2 aromatic carbocycles. The minimum Gasteiger partial charge on any atom is -0.362 e. The van der Waals surface area contributed by atoms with Gasteiger partial charge in [-0.2, -0.15) is 0 Å². The van der Waals surface area contributed by atoms with E-state index >= 15 is 0 Å². The predicted molar refractivity (Wildman–Crippen MR) is 75.5 cm³/mol. The molecule has 0 bridgehead atoms. The number of ether oxygens (including phenoxy) is 1. The van der Waals surface area contributed by atoms with Crippen molar-refractivity contribution in [2.75, 3.05) is 6.61 Å². The Morgan fingerprint density at radius 3 is 1.78 bits per heavy atom. The van der Waals surface area contributed by atoms with Gasteiger partial charge in [-0.3, -0.25) is 0 Å². The van der Waals surface area contributed by atoms with E-state index in [9.17, 15) is 0 Å². The molecule has 0 radical (unpaired) electrons. The van der Waals surface area contributed by atoms with Gasteiger partial charge in [-0.1, -0.05) is 66.7 Å². The van der Waals surface area contributed by atoms with Crippen LogP contribution >= 0.6 is 0 Å². The van der Waals surface area contributed by atoms with E-state index in [4.69, 9.17) is 4.74 Å². The third-order valence-corrected chi connectivity index (χ3v) is 3.14. The molecule has 0 amide bonds. The molecule has 0 aliphatic rings. The zero-order valence-corrected chi connectivity index (χ0v) is 10.7. The van der Waals surface area contributed by atoms with Crippen molar-refractivity contribution in [1.29, 1.82) is 0 Å². The summed E-state index contributed by atoms with van der Waals surface area (Å²) in [6, 6.07) is 20.5. The largest absolute Gasteiger partial charge is 0.362 e. The molecule has 0 aromatic heterocycles. The summed E-state index contributed by atoms with van der Waals surface area (Å²) in [4.78, 5) is 0. The fourth-order valence-electron chi connectivity index (χ4n) is 2.07. The smallest absolute Gasteiger partial charge is 0.116 e. The monoisotopic (exact) mass is 238 g/mol. The number of rotatable bonds is 5. The van der Waals surface area contributed by atoms with E-state index in [1.165, 1.54) is 0 Å². The second-order valence-corrected chi connectivity index (χ2v) is 4.36. The molecule has 1 heteroatoms. The van der Waals surface area contributed by atoms with Crippen molar-refractivity contribution in [3.63, 3.8) is 0 Å². The summed E-state index contributed by atoms with van der Waals surface area (Å²) in [6.45, 7) is 6.35. The number of hydrogen-bond donors (Lipinski definition) is 0. The Morgan fingerprint density at radius 2 is 1.39 bits per heavy atom. The van der Waals surface area contributed by atoms with Crippen LogP contribution in [0.4, 0.5) is 0 Å². The van der Waals surface area contributed by atoms with Crippen molar-refractivity contribution in [2.45, 2.75) is 12.5 Å². The molecule has 0 N–H and O–H groups in total. The fourth-order valence-corrected chi connectivity index (χ4v) is 2.07. The van der Waals surface area contributed by atoms with Gasteiger partial charge in [0, 0.05) is 0 Å². The normalized spacial score (nSPS) is 11.2. The van der Waals surface area contributed by atoms with Gasteiger partial charge in [-0.25, -0.2) is 0 Å². The van der Waals surface area contributed by atoms with Crippen LogP contribution in [0.25, 0.3) is 0 Å². The molecular weight excluding hydrogens is 220 g/mol. The van der Waals surface area contributed by atoms with Crippen LogP contribution in [0, 0.1) is 0 Å². The molecule has 0 fully saturated rings. The van der Waals surface area contributed by atoms with Crippen LogP contribution in [-0.4, -0.2) is 6.61 Å². The van der Waals surface area contributed by atoms with Gasteiger partial charge in [0.1, 0.15) is 5.60 Å². The summed E-state index contributed by atoms with van der Waals surface area (Å²) < 4.78 is 6.03. The molecule has 0 heterocycles. The maximum atomic E-state index is 6.03. The number of hydrogen-bond acceptors (Lipinski definition) is 1. The van der Waals surface area contributed by atoms with E-state index in [0.29, 0.717) is 6.61 Å². The first kappa shape index (κ1) is 12.6. The summed E-state index contributed by atoms with van der Waals surface area (Å²) in [5.74, 6) is 0. The molecular formula is C17H18O. The maximum Gasteiger partial charge on any atom is 0.116 e. The fraction of sp³-hybridized carbons (Fsp3) is 0.176. The molecule has 18 heavy (non-hydrogen) atoms. The first-order valence-electron chi connectivity index (χ1n) is 6.13. The highest BCUT2D eigenvalue weighted by atomic mass is 16.5. The van der Waals surface area contributed by atoms with Gasteiger partial charge in [-0.05, 0) is 18.1 Å². The Balaban J connectivity index is 2.44. The van der Waals surface area contributed by atoms with Gasteiger partial charge >= 0.3 is 0 Å². The van der Waals surface area contributed by atoms with Crippen molar-refractivity contribution >= 4 is 0 Å². The zero-order valence-electron chi connectivity index (χ0n) is 10.7. The summed E-state index contributed by atoms with van der Waals surface area (Å²) in [7, 11) is 0. The standard InChI is InChI=1S/C17H18O/c1-3-14-18-17(2,15-10-6-4-7-11-15)16-12-8-5-9-13-16/h3-13H,1,14H2,2H3. The highest BCUT2D eigenvalue weighted by Crippen LogP contribution is 2.32. The SMILES string of the molecule is C=CCOC(C)(c1ccccc1)c1ccccc1. The van der Waals surface area contributed by atoms with E-state index in [-0.39, 0.29) is 0 Å². The summed E-state index contributed by atoms with van der Waals surface area (Å²) in [5, 5.41) is 0. The van der Waals surface area contributed by atoms with Crippen LogP contribution in [0.3, 0.4) is 0 Å². The predicted octanol–water partition coefficient (Wildman–Crippen LogP) is 4.15. The van der Waals surface area contributed by atoms with Crippen molar-refractivity contribution in [1.82, 2.24) is 0 Å². The van der Waals surface area contributed by atoms with Gasteiger partial charge in [0.05, 0.1) is 6.61 Å². The molecule has 0 atom stereocenters. The van der Waals surface area contributed by atoms with Crippen molar-refractivity contribution in [2.24, 2.45) is 0 Å². The van der Waals surface area contributed by atoms with Crippen LogP contribution in [0.15, 0.2) is 73.3 Å². The van der Waals surface area contributed by atoms with Gasteiger partial charge in [-0.15, -0.1) is 6.58 Å². The van der Waals surface area contributed by atoms with Crippen molar-refractivity contribution < 1.29 is 4.74 Å². The molecule has 2 rings (SSSR count). The average Bonchev–Trinajstić information content (AvgIpc) is 2.46. The molecule has 0 spiro atoms. The Morgan fingerprint density at radius 1 is 0.944 bits per heavy atom.